The van der Waals surface area contributed by atoms with Gasteiger partial charge in [0.25, 0.3) is 0 Å². The summed E-state index contributed by atoms with van der Waals surface area (Å²) in [6.45, 7) is 0.770. The number of nitrogens with zero attached hydrogens (tertiary/aromatic N) is 1. The van der Waals surface area contributed by atoms with E-state index in [0.717, 1.165) is 11.3 Å². The molecule has 0 radical (unpaired) electrons. The van der Waals surface area contributed by atoms with Crippen LogP contribution >= 0.6 is 0 Å². The maximum absolute atomic E-state index is 12.2. The van der Waals surface area contributed by atoms with Gasteiger partial charge in [-0.1, -0.05) is 19.3 Å². The van der Waals surface area contributed by atoms with Crippen LogP contribution in [-0.2, 0) is 4.79 Å². The minimum absolute atomic E-state index is 0.118. The number of carbonyl (C=O) groups excluding carboxylic acids is 1. The van der Waals surface area contributed by atoms with Crippen molar-refractivity contribution >= 4 is 5.91 Å². The molecular formula is C11H17F3N2O. The Morgan fingerprint density at radius 3 is 2.59 bits per heavy atom. The van der Waals surface area contributed by atoms with Crippen molar-refractivity contribution in [2.75, 3.05) is 26.2 Å². The molecule has 0 bridgehead atoms. The van der Waals surface area contributed by atoms with E-state index in [4.69, 9.17) is 6.42 Å². The van der Waals surface area contributed by atoms with Crippen LogP contribution in [0.5, 0.6) is 0 Å². The molecule has 0 saturated carbocycles. The fourth-order valence-corrected chi connectivity index (χ4v) is 1.21. The molecule has 0 atom stereocenters. The molecule has 1 N–H and O–H groups in total. The number of nitrogens with one attached hydrogen (secondary N) is 1. The lowest BCUT2D eigenvalue weighted by atomic mass is 10.3. The van der Waals surface area contributed by atoms with Crippen LogP contribution in [0.1, 0.15) is 19.8 Å². The third-order valence-corrected chi connectivity index (χ3v) is 2.01. The molecule has 0 heterocycles. The van der Waals surface area contributed by atoms with Crippen molar-refractivity contribution in [2.45, 2.75) is 25.9 Å². The topological polar surface area (TPSA) is 32.3 Å². The molecule has 0 aliphatic carbocycles. The van der Waals surface area contributed by atoms with Gasteiger partial charge >= 0.3 is 6.18 Å². The van der Waals surface area contributed by atoms with Crippen LogP contribution in [0.4, 0.5) is 13.2 Å². The minimum Gasteiger partial charge on any atom is -0.332 e. The number of halogens is 3. The summed E-state index contributed by atoms with van der Waals surface area (Å²) in [5.41, 5.74) is 0. The monoisotopic (exact) mass is 250 g/mol. The zero-order chi connectivity index (χ0) is 13.3. The Labute approximate surface area is 99.4 Å². The number of alkyl halides is 3. The SMILES string of the molecule is C#CCNCC(=O)N(CCCC)CC(F)(F)F. The van der Waals surface area contributed by atoms with Gasteiger partial charge in [-0.15, -0.1) is 6.42 Å². The van der Waals surface area contributed by atoms with E-state index >= 15 is 0 Å². The predicted octanol–water partition coefficient (Wildman–Crippen LogP) is 1.40. The van der Waals surface area contributed by atoms with Gasteiger partial charge in [0.15, 0.2) is 0 Å². The first-order valence-electron chi connectivity index (χ1n) is 5.39. The average molecular weight is 250 g/mol. The Hall–Kier alpha value is -1.22. The maximum atomic E-state index is 12.2. The number of carbonyl (C=O) groups is 1. The molecule has 0 aliphatic rings. The highest BCUT2D eigenvalue weighted by molar-refractivity contribution is 5.78. The summed E-state index contributed by atoms with van der Waals surface area (Å²) in [6.07, 6.45) is 1.88. The highest BCUT2D eigenvalue weighted by atomic mass is 19.4. The van der Waals surface area contributed by atoms with Gasteiger partial charge in [0.2, 0.25) is 5.91 Å². The van der Waals surface area contributed by atoms with Crippen molar-refractivity contribution in [3.05, 3.63) is 0 Å². The quantitative estimate of drug-likeness (QED) is 0.547. The zero-order valence-electron chi connectivity index (χ0n) is 9.81. The van der Waals surface area contributed by atoms with E-state index in [1.54, 1.807) is 0 Å². The third kappa shape index (κ3) is 8.57. The summed E-state index contributed by atoms with van der Waals surface area (Å²) in [5.74, 6) is 1.67. The van der Waals surface area contributed by atoms with Crippen molar-refractivity contribution < 1.29 is 18.0 Å². The van der Waals surface area contributed by atoms with E-state index in [-0.39, 0.29) is 19.6 Å². The molecule has 0 aromatic carbocycles. The summed E-state index contributed by atoms with van der Waals surface area (Å²) in [4.78, 5) is 12.3. The van der Waals surface area contributed by atoms with Gasteiger partial charge in [-0.2, -0.15) is 13.2 Å². The van der Waals surface area contributed by atoms with Gasteiger partial charge in [-0.3, -0.25) is 10.1 Å². The summed E-state index contributed by atoms with van der Waals surface area (Å²) in [5, 5.41) is 2.58. The molecule has 3 nitrogen and oxygen atoms in total. The Balaban J connectivity index is 4.25. The molecule has 0 saturated heterocycles. The molecule has 98 valence electrons. The molecule has 0 rings (SSSR count). The Morgan fingerprint density at radius 2 is 2.12 bits per heavy atom. The number of hydrogen-bond acceptors (Lipinski definition) is 2. The van der Waals surface area contributed by atoms with Crippen molar-refractivity contribution in [1.29, 1.82) is 0 Å². The molecule has 0 unspecified atom stereocenters. The summed E-state index contributed by atoms with van der Waals surface area (Å²) >= 11 is 0. The third-order valence-electron chi connectivity index (χ3n) is 2.01. The lowest BCUT2D eigenvalue weighted by Gasteiger charge is -2.23. The van der Waals surface area contributed by atoms with Crippen LogP contribution in [0.15, 0.2) is 0 Å². The highest BCUT2D eigenvalue weighted by Crippen LogP contribution is 2.16. The largest absolute Gasteiger partial charge is 0.406 e. The predicted molar refractivity (Wildman–Crippen MR) is 59.2 cm³/mol. The van der Waals surface area contributed by atoms with Crippen LogP contribution < -0.4 is 5.32 Å². The summed E-state index contributed by atoms with van der Waals surface area (Å²) < 4.78 is 36.7. The first kappa shape index (κ1) is 15.8. The molecule has 0 spiro atoms. The normalized spacial score (nSPS) is 11.0. The second-order valence-corrected chi connectivity index (χ2v) is 3.59. The molecule has 0 fully saturated rings. The van der Waals surface area contributed by atoms with Crippen LogP contribution in [0.3, 0.4) is 0 Å². The number of amides is 1. The fraction of sp³-hybridized carbons (Fsp3) is 0.727. The summed E-state index contributed by atoms with van der Waals surface area (Å²) in [7, 11) is 0. The van der Waals surface area contributed by atoms with Crippen molar-refractivity contribution in [3.63, 3.8) is 0 Å². The van der Waals surface area contributed by atoms with Gasteiger partial charge in [-0.05, 0) is 6.42 Å². The Morgan fingerprint density at radius 1 is 1.47 bits per heavy atom. The molecular weight excluding hydrogens is 233 g/mol. The summed E-state index contributed by atoms with van der Waals surface area (Å²) in [6, 6.07) is 0. The molecule has 1 amide bonds. The van der Waals surface area contributed by atoms with Gasteiger partial charge in [0, 0.05) is 6.54 Å². The van der Waals surface area contributed by atoms with E-state index in [2.05, 4.69) is 11.2 Å². The number of rotatable bonds is 7. The van der Waals surface area contributed by atoms with Crippen LogP contribution in [0.25, 0.3) is 0 Å². The fourth-order valence-electron chi connectivity index (χ4n) is 1.21. The Bertz CT molecular complexity index is 271. The van der Waals surface area contributed by atoms with Crippen LogP contribution in [-0.4, -0.2) is 43.2 Å². The average Bonchev–Trinajstić information content (AvgIpc) is 2.22. The molecule has 0 aliphatic heterocycles. The van der Waals surface area contributed by atoms with E-state index in [1.165, 1.54) is 0 Å². The van der Waals surface area contributed by atoms with E-state index < -0.39 is 18.6 Å². The first-order valence-corrected chi connectivity index (χ1v) is 5.39. The standard InChI is InChI=1S/C11H17F3N2O/c1-3-5-7-16(9-11(12,13)14)10(17)8-15-6-4-2/h2,15H,3,5-9H2,1H3. The second kappa shape index (κ2) is 7.96. The van der Waals surface area contributed by atoms with Crippen molar-refractivity contribution in [1.82, 2.24) is 10.2 Å². The highest BCUT2D eigenvalue weighted by Gasteiger charge is 2.32. The zero-order valence-corrected chi connectivity index (χ0v) is 9.81. The van der Waals surface area contributed by atoms with Crippen molar-refractivity contribution in [3.8, 4) is 12.3 Å². The lowest BCUT2D eigenvalue weighted by molar-refractivity contribution is -0.160. The Kier molecular flexibility index (Phi) is 7.39. The number of hydrogen-bond donors (Lipinski definition) is 1. The molecule has 0 aromatic rings. The van der Waals surface area contributed by atoms with Gasteiger partial charge in [0.1, 0.15) is 6.54 Å². The van der Waals surface area contributed by atoms with Crippen molar-refractivity contribution in [2.24, 2.45) is 0 Å². The molecule has 6 heteroatoms. The smallest absolute Gasteiger partial charge is 0.332 e. The first-order chi connectivity index (χ1) is 7.90. The van der Waals surface area contributed by atoms with Crippen LogP contribution in [0.2, 0.25) is 0 Å². The molecule has 17 heavy (non-hydrogen) atoms. The number of unbranched alkanes of at least 4 members (excludes halogenated alkanes) is 1. The minimum atomic E-state index is -4.37. The maximum Gasteiger partial charge on any atom is 0.406 e. The van der Waals surface area contributed by atoms with Gasteiger partial charge in [0.05, 0.1) is 13.1 Å². The second-order valence-electron chi connectivity index (χ2n) is 3.59. The van der Waals surface area contributed by atoms with E-state index in [9.17, 15) is 18.0 Å². The lowest BCUT2D eigenvalue weighted by Crippen LogP contribution is -2.43. The van der Waals surface area contributed by atoms with E-state index in [1.807, 2.05) is 6.92 Å². The van der Waals surface area contributed by atoms with Gasteiger partial charge < -0.3 is 4.90 Å². The van der Waals surface area contributed by atoms with Crippen LogP contribution in [0, 0.1) is 12.3 Å². The molecule has 0 aromatic heterocycles. The van der Waals surface area contributed by atoms with E-state index in [0.29, 0.717) is 6.42 Å². The number of terminal acetylenes is 1. The van der Waals surface area contributed by atoms with Gasteiger partial charge in [-0.25, -0.2) is 0 Å².